The predicted molar refractivity (Wildman–Crippen MR) is 129 cm³/mol. The number of hydrogen-bond acceptors (Lipinski definition) is 7. The van der Waals surface area contributed by atoms with E-state index in [1.807, 2.05) is 30.3 Å². The van der Waals surface area contributed by atoms with E-state index in [0.29, 0.717) is 38.3 Å². The number of rotatable bonds is 16. The molecule has 2 aliphatic rings. The Hall–Kier alpha value is -2.32. The first-order chi connectivity index (χ1) is 16.6. The normalized spacial score (nSPS) is 20.4. The molecule has 4 atom stereocenters. The highest BCUT2D eigenvalue weighted by Crippen LogP contribution is 2.33. The molecule has 0 bridgehead atoms. The average molecular weight is 473 g/mol. The Balaban J connectivity index is 1.22. The molecular weight excluding hydrogens is 436 g/mol. The SMILES string of the molecule is COc1cc(-c2ccc(OCCC(C)OCC3CO3)cc2)ccc1OCCC(C)OCC1CO1. The van der Waals surface area contributed by atoms with E-state index >= 15 is 0 Å². The molecule has 7 nitrogen and oxygen atoms in total. The van der Waals surface area contributed by atoms with Crippen LogP contribution in [0.5, 0.6) is 17.2 Å². The van der Waals surface area contributed by atoms with Crippen molar-refractivity contribution in [3.63, 3.8) is 0 Å². The van der Waals surface area contributed by atoms with Crippen LogP contribution in [0.25, 0.3) is 11.1 Å². The molecule has 2 aromatic carbocycles. The molecule has 0 saturated carbocycles. The van der Waals surface area contributed by atoms with Crippen molar-refractivity contribution < 1.29 is 33.2 Å². The Labute approximate surface area is 202 Å². The zero-order valence-corrected chi connectivity index (χ0v) is 20.4. The summed E-state index contributed by atoms with van der Waals surface area (Å²) in [7, 11) is 1.66. The van der Waals surface area contributed by atoms with Crippen LogP contribution >= 0.6 is 0 Å². The largest absolute Gasteiger partial charge is 0.493 e. The van der Waals surface area contributed by atoms with Crippen LogP contribution in [0.4, 0.5) is 0 Å². The number of benzene rings is 2. The van der Waals surface area contributed by atoms with Crippen molar-refractivity contribution in [3.05, 3.63) is 42.5 Å². The fourth-order valence-corrected chi connectivity index (χ4v) is 3.43. The van der Waals surface area contributed by atoms with E-state index < -0.39 is 0 Å². The summed E-state index contributed by atoms with van der Waals surface area (Å²) >= 11 is 0. The smallest absolute Gasteiger partial charge is 0.161 e. The molecule has 4 rings (SSSR count). The fourth-order valence-electron chi connectivity index (χ4n) is 3.43. The highest BCUT2D eigenvalue weighted by atomic mass is 16.6. The molecule has 34 heavy (non-hydrogen) atoms. The van der Waals surface area contributed by atoms with Crippen LogP contribution in [0.15, 0.2) is 42.5 Å². The first-order valence-electron chi connectivity index (χ1n) is 12.1. The van der Waals surface area contributed by atoms with Gasteiger partial charge < -0.3 is 33.2 Å². The Morgan fingerprint density at radius 2 is 1.32 bits per heavy atom. The minimum absolute atomic E-state index is 0.128. The second-order valence-electron chi connectivity index (χ2n) is 8.86. The quantitative estimate of drug-likeness (QED) is 0.333. The Kier molecular flexibility index (Phi) is 9.04. The Morgan fingerprint density at radius 3 is 1.88 bits per heavy atom. The summed E-state index contributed by atoms with van der Waals surface area (Å²) < 4.78 is 39.2. The molecule has 2 saturated heterocycles. The van der Waals surface area contributed by atoms with E-state index in [-0.39, 0.29) is 18.3 Å². The molecule has 2 aliphatic heterocycles. The van der Waals surface area contributed by atoms with Crippen LogP contribution in [-0.4, -0.2) is 71.2 Å². The van der Waals surface area contributed by atoms with Crippen LogP contribution in [0.3, 0.4) is 0 Å². The average Bonchev–Trinajstić information content (AvgIpc) is 3.77. The van der Waals surface area contributed by atoms with Crippen molar-refractivity contribution >= 4 is 0 Å². The van der Waals surface area contributed by atoms with Gasteiger partial charge in [0, 0.05) is 12.8 Å². The van der Waals surface area contributed by atoms with E-state index in [1.54, 1.807) is 7.11 Å². The summed E-state index contributed by atoms with van der Waals surface area (Å²) in [6, 6.07) is 14.1. The summed E-state index contributed by atoms with van der Waals surface area (Å²) in [6.45, 7) is 8.26. The van der Waals surface area contributed by atoms with Crippen molar-refractivity contribution in [2.75, 3.05) is 46.8 Å². The third-order valence-corrected chi connectivity index (χ3v) is 5.86. The topological polar surface area (TPSA) is 71.2 Å². The predicted octanol–water partition coefficient (Wildman–Crippen LogP) is 4.51. The Morgan fingerprint density at radius 1 is 0.765 bits per heavy atom. The Bertz CT molecular complexity index is 877. The summed E-state index contributed by atoms with van der Waals surface area (Å²) in [4.78, 5) is 0. The standard InChI is InChI=1S/C27H36O7/c1-19(31-15-24-17-33-24)10-12-29-23-7-4-21(5-8-23)22-6-9-26(27(14-22)28-3)30-13-11-20(2)32-16-25-18-34-25/h4-9,14,19-20,24-25H,10-13,15-18H2,1-3H3. The molecule has 2 heterocycles. The van der Waals surface area contributed by atoms with Crippen LogP contribution in [0, 0.1) is 0 Å². The van der Waals surface area contributed by atoms with E-state index in [9.17, 15) is 0 Å². The maximum absolute atomic E-state index is 5.96. The number of epoxide rings is 2. The van der Waals surface area contributed by atoms with Crippen LogP contribution in [0.1, 0.15) is 26.7 Å². The molecule has 2 fully saturated rings. The van der Waals surface area contributed by atoms with Crippen molar-refractivity contribution in [2.24, 2.45) is 0 Å². The first-order valence-corrected chi connectivity index (χ1v) is 12.1. The van der Waals surface area contributed by atoms with Crippen LogP contribution in [0.2, 0.25) is 0 Å². The second kappa shape index (κ2) is 12.4. The van der Waals surface area contributed by atoms with Gasteiger partial charge in [0.05, 0.1) is 59.0 Å². The molecule has 7 heteroatoms. The molecule has 186 valence electrons. The molecule has 0 aliphatic carbocycles. The third-order valence-electron chi connectivity index (χ3n) is 5.86. The first kappa shape index (κ1) is 24.8. The van der Waals surface area contributed by atoms with Crippen molar-refractivity contribution in [1.82, 2.24) is 0 Å². The monoisotopic (exact) mass is 472 g/mol. The fraction of sp³-hybridized carbons (Fsp3) is 0.556. The van der Waals surface area contributed by atoms with Crippen molar-refractivity contribution in [2.45, 2.75) is 51.1 Å². The third kappa shape index (κ3) is 8.17. The van der Waals surface area contributed by atoms with Gasteiger partial charge in [-0.1, -0.05) is 18.2 Å². The molecule has 2 aromatic rings. The van der Waals surface area contributed by atoms with Crippen molar-refractivity contribution in [3.8, 4) is 28.4 Å². The zero-order valence-electron chi connectivity index (χ0n) is 20.4. The van der Waals surface area contributed by atoms with Crippen molar-refractivity contribution in [1.29, 1.82) is 0 Å². The molecule has 0 spiro atoms. The maximum atomic E-state index is 5.96. The molecule has 0 aromatic heterocycles. The lowest BCUT2D eigenvalue weighted by atomic mass is 10.0. The van der Waals surface area contributed by atoms with Gasteiger partial charge in [0.1, 0.15) is 18.0 Å². The van der Waals surface area contributed by atoms with Gasteiger partial charge in [-0.15, -0.1) is 0 Å². The summed E-state index contributed by atoms with van der Waals surface area (Å²) in [5, 5.41) is 0. The molecule has 0 N–H and O–H groups in total. The van der Waals surface area contributed by atoms with E-state index in [0.717, 1.165) is 48.7 Å². The molecule has 0 radical (unpaired) electrons. The lowest BCUT2D eigenvalue weighted by molar-refractivity contribution is 0.0404. The zero-order chi connectivity index (χ0) is 23.8. The van der Waals surface area contributed by atoms with Gasteiger partial charge in [0.2, 0.25) is 0 Å². The number of ether oxygens (including phenoxy) is 7. The van der Waals surface area contributed by atoms with E-state index in [2.05, 4.69) is 26.0 Å². The van der Waals surface area contributed by atoms with Gasteiger partial charge >= 0.3 is 0 Å². The summed E-state index contributed by atoms with van der Waals surface area (Å²) in [5.74, 6) is 2.29. The minimum atomic E-state index is 0.128. The van der Waals surface area contributed by atoms with Crippen LogP contribution in [-0.2, 0) is 18.9 Å². The van der Waals surface area contributed by atoms with Gasteiger partial charge in [-0.05, 0) is 49.2 Å². The van der Waals surface area contributed by atoms with Gasteiger partial charge in [-0.25, -0.2) is 0 Å². The van der Waals surface area contributed by atoms with Gasteiger partial charge in [-0.3, -0.25) is 0 Å². The highest BCUT2D eigenvalue weighted by molar-refractivity contribution is 5.67. The number of hydrogen-bond donors (Lipinski definition) is 0. The number of methoxy groups -OCH3 is 1. The van der Waals surface area contributed by atoms with E-state index in [1.165, 1.54) is 0 Å². The van der Waals surface area contributed by atoms with E-state index in [4.69, 9.17) is 33.2 Å². The lowest BCUT2D eigenvalue weighted by Gasteiger charge is -2.15. The van der Waals surface area contributed by atoms with Gasteiger partial charge in [0.25, 0.3) is 0 Å². The summed E-state index contributed by atoms with van der Waals surface area (Å²) in [5.41, 5.74) is 2.14. The minimum Gasteiger partial charge on any atom is -0.493 e. The molecular formula is C27H36O7. The molecule has 0 amide bonds. The van der Waals surface area contributed by atoms with Gasteiger partial charge in [0.15, 0.2) is 11.5 Å². The lowest BCUT2D eigenvalue weighted by Crippen LogP contribution is -2.16. The molecule has 4 unspecified atom stereocenters. The van der Waals surface area contributed by atoms with Gasteiger partial charge in [-0.2, -0.15) is 0 Å². The van der Waals surface area contributed by atoms with Crippen LogP contribution < -0.4 is 14.2 Å². The maximum Gasteiger partial charge on any atom is 0.161 e. The second-order valence-corrected chi connectivity index (χ2v) is 8.86. The summed E-state index contributed by atoms with van der Waals surface area (Å²) in [6.07, 6.45) is 2.51. The highest BCUT2D eigenvalue weighted by Gasteiger charge is 2.24.